The van der Waals surface area contributed by atoms with Crippen LogP contribution in [0.3, 0.4) is 0 Å². The monoisotopic (exact) mass is 297 g/mol. The topological polar surface area (TPSA) is 126 Å². The lowest BCUT2D eigenvalue weighted by Gasteiger charge is -2.37. The summed E-state index contributed by atoms with van der Waals surface area (Å²) in [5.74, 6) is -2.50. The summed E-state index contributed by atoms with van der Waals surface area (Å²) in [4.78, 5) is 32.0. The van der Waals surface area contributed by atoms with E-state index in [1.807, 2.05) is 6.92 Å². The Hall–Kier alpha value is -2.25. The summed E-state index contributed by atoms with van der Waals surface area (Å²) < 4.78 is 0. The molecule has 0 heterocycles. The first-order valence-electron chi connectivity index (χ1n) is 6.71. The first kappa shape index (κ1) is 16.8. The zero-order chi connectivity index (χ0) is 16.2. The van der Waals surface area contributed by atoms with E-state index in [1.54, 1.807) is 0 Å². The average Bonchev–Trinajstić information content (AvgIpc) is 2.39. The molecule has 0 aromatic rings. The number of carboxylic acid groups (broad SMARTS) is 1. The molecular weight excluding hydrogens is 280 g/mol. The fourth-order valence-electron chi connectivity index (χ4n) is 2.58. The molecule has 0 saturated heterocycles. The van der Waals surface area contributed by atoms with E-state index in [2.05, 4.69) is 0 Å². The van der Waals surface area contributed by atoms with E-state index in [1.165, 1.54) is 6.92 Å². The van der Waals surface area contributed by atoms with E-state index < -0.39 is 38.5 Å². The number of aliphatic carboxylic acids is 1. The van der Waals surface area contributed by atoms with Crippen molar-refractivity contribution in [3.63, 3.8) is 0 Å². The lowest BCUT2D eigenvalue weighted by atomic mass is 9.68. The zero-order valence-electron chi connectivity index (χ0n) is 11.9. The van der Waals surface area contributed by atoms with Gasteiger partial charge in [0.15, 0.2) is 0 Å². The molecule has 0 fully saturated rings. The fourth-order valence-corrected chi connectivity index (χ4v) is 2.58. The third-order valence-electron chi connectivity index (χ3n) is 3.91. The number of hydrogen-bond acceptors (Lipinski definition) is 6. The molecule has 116 valence electrons. The van der Waals surface area contributed by atoms with Gasteiger partial charge in [0.05, 0.1) is 27.8 Å². The van der Waals surface area contributed by atoms with Crippen LogP contribution in [0.4, 0.5) is 0 Å². The predicted molar refractivity (Wildman–Crippen MR) is 70.9 cm³/mol. The Morgan fingerprint density at radius 2 is 1.90 bits per heavy atom. The summed E-state index contributed by atoms with van der Waals surface area (Å²) in [5.41, 5.74) is -2.75. The van der Waals surface area contributed by atoms with Gasteiger partial charge in [0.25, 0.3) is 11.4 Å². The molecule has 1 rings (SSSR count). The van der Waals surface area contributed by atoms with Crippen molar-refractivity contribution in [2.75, 3.05) is 0 Å². The number of rotatable bonds is 7. The highest BCUT2D eigenvalue weighted by molar-refractivity contribution is 5.77. The standard InChI is InChI=1S/C13H18N2O6/c1-3-4-5-6-13(12(16)17)8-10(14(18)19)7-11(9(13)2)15(20)21/h7-9H,3-6H2,1-2H3,(H,16,17)/p-1. The molecule has 0 aromatic heterocycles. The van der Waals surface area contributed by atoms with Crippen molar-refractivity contribution in [2.45, 2.75) is 39.5 Å². The van der Waals surface area contributed by atoms with Crippen LogP contribution in [0.5, 0.6) is 0 Å². The summed E-state index contributed by atoms with van der Waals surface area (Å²) in [6.45, 7) is 3.32. The second-order valence-electron chi connectivity index (χ2n) is 5.16. The molecule has 2 unspecified atom stereocenters. The maximum Gasteiger partial charge on any atom is 0.272 e. The minimum Gasteiger partial charge on any atom is -0.549 e. The molecule has 0 N–H and O–H groups in total. The molecule has 21 heavy (non-hydrogen) atoms. The molecule has 0 spiro atoms. The molecule has 8 nitrogen and oxygen atoms in total. The maximum atomic E-state index is 11.6. The van der Waals surface area contributed by atoms with Crippen molar-refractivity contribution < 1.29 is 19.7 Å². The van der Waals surface area contributed by atoms with Gasteiger partial charge in [-0.05, 0) is 6.42 Å². The molecule has 0 saturated carbocycles. The Morgan fingerprint density at radius 3 is 2.33 bits per heavy atom. The number of carbonyl (C=O) groups is 1. The number of hydrogen-bond donors (Lipinski definition) is 0. The van der Waals surface area contributed by atoms with Crippen molar-refractivity contribution in [3.8, 4) is 0 Å². The van der Waals surface area contributed by atoms with Crippen LogP contribution < -0.4 is 5.11 Å². The van der Waals surface area contributed by atoms with Gasteiger partial charge >= 0.3 is 0 Å². The van der Waals surface area contributed by atoms with Gasteiger partial charge in [-0.15, -0.1) is 0 Å². The third kappa shape index (κ3) is 3.26. The minimum atomic E-state index is -1.71. The Kier molecular flexibility index (Phi) is 5.17. The number of nitrogens with zero attached hydrogens (tertiary/aromatic N) is 2. The minimum absolute atomic E-state index is 0.0762. The van der Waals surface area contributed by atoms with Crippen molar-refractivity contribution in [2.24, 2.45) is 11.3 Å². The van der Waals surface area contributed by atoms with Gasteiger partial charge in [0, 0.05) is 11.5 Å². The molecule has 8 heteroatoms. The van der Waals surface area contributed by atoms with E-state index >= 15 is 0 Å². The van der Waals surface area contributed by atoms with E-state index in [0.717, 1.165) is 25.0 Å². The average molecular weight is 297 g/mol. The van der Waals surface area contributed by atoms with E-state index in [-0.39, 0.29) is 6.42 Å². The Labute approximate surface area is 121 Å². The smallest absolute Gasteiger partial charge is 0.272 e. The van der Waals surface area contributed by atoms with E-state index in [0.29, 0.717) is 6.42 Å². The first-order chi connectivity index (χ1) is 9.76. The van der Waals surface area contributed by atoms with Crippen LogP contribution in [0.2, 0.25) is 0 Å². The highest BCUT2D eigenvalue weighted by Crippen LogP contribution is 2.43. The molecule has 0 aromatic carbocycles. The van der Waals surface area contributed by atoms with Crippen molar-refractivity contribution >= 4 is 5.97 Å². The van der Waals surface area contributed by atoms with Crippen LogP contribution in [0.15, 0.2) is 23.5 Å². The molecule has 0 radical (unpaired) electrons. The number of unbranched alkanes of at least 4 members (excludes halogenated alkanes) is 2. The summed E-state index contributed by atoms with van der Waals surface area (Å²) in [5, 5.41) is 33.6. The molecule has 2 atom stereocenters. The fraction of sp³-hybridized carbons (Fsp3) is 0.615. The van der Waals surface area contributed by atoms with Gasteiger partial charge in [-0.25, -0.2) is 0 Å². The predicted octanol–water partition coefficient (Wildman–Crippen LogP) is 1.27. The second-order valence-corrected chi connectivity index (χ2v) is 5.16. The summed E-state index contributed by atoms with van der Waals surface area (Å²) in [7, 11) is 0. The SMILES string of the molecule is CCCCCC1(C(=O)[O-])C=C([N+](=O)[O-])C=C([N+](=O)[O-])C1C. The van der Waals surface area contributed by atoms with Gasteiger partial charge in [0.1, 0.15) is 0 Å². The maximum absolute atomic E-state index is 11.6. The number of allylic oxidation sites excluding steroid dienone is 2. The Balaban J connectivity index is 3.33. The van der Waals surface area contributed by atoms with Crippen LogP contribution in [0.1, 0.15) is 39.5 Å². The van der Waals surface area contributed by atoms with Crippen molar-refractivity contribution in [1.82, 2.24) is 0 Å². The zero-order valence-corrected chi connectivity index (χ0v) is 11.9. The van der Waals surface area contributed by atoms with Gasteiger partial charge in [-0.3, -0.25) is 20.2 Å². The number of carbonyl (C=O) groups excluding carboxylic acids is 1. The second kappa shape index (κ2) is 6.47. The number of nitro groups is 2. The molecule has 1 aliphatic carbocycles. The van der Waals surface area contributed by atoms with Gasteiger partial charge in [-0.2, -0.15) is 0 Å². The summed E-state index contributed by atoms with van der Waals surface area (Å²) in [6, 6.07) is 0. The van der Waals surface area contributed by atoms with Crippen LogP contribution in [0, 0.1) is 31.6 Å². The molecule has 0 aliphatic heterocycles. The van der Waals surface area contributed by atoms with Crippen molar-refractivity contribution in [1.29, 1.82) is 0 Å². The number of carboxylic acids is 1. The van der Waals surface area contributed by atoms with Crippen LogP contribution in [-0.4, -0.2) is 15.8 Å². The van der Waals surface area contributed by atoms with Crippen LogP contribution >= 0.6 is 0 Å². The molecule has 0 bridgehead atoms. The van der Waals surface area contributed by atoms with E-state index in [9.17, 15) is 30.1 Å². The lowest BCUT2D eigenvalue weighted by Crippen LogP contribution is -2.48. The van der Waals surface area contributed by atoms with Gasteiger partial charge in [-0.1, -0.05) is 33.1 Å². The first-order valence-corrected chi connectivity index (χ1v) is 6.71. The Morgan fingerprint density at radius 1 is 1.29 bits per heavy atom. The largest absolute Gasteiger partial charge is 0.549 e. The van der Waals surface area contributed by atoms with Crippen molar-refractivity contribution in [3.05, 3.63) is 43.8 Å². The molecule has 1 aliphatic rings. The van der Waals surface area contributed by atoms with Gasteiger partial charge < -0.3 is 9.90 Å². The highest BCUT2D eigenvalue weighted by Gasteiger charge is 2.47. The van der Waals surface area contributed by atoms with Gasteiger partial charge in [0.2, 0.25) is 0 Å². The quantitative estimate of drug-likeness (QED) is 0.395. The molecule has 0 amide bonds. The van der Waals surface area contributed by atoms with E-state index in [4.69, 9.17) is 0 Å². The summed E-state index contributed by atoms with van der Waals surface area (Å²) in [6.07, 6.45) is 3.97. The summed E-state index contributed by atoms with van der Waals surface area (Å²) >= 11 is 0. The van der Waals surface area contributed by atoms with Crippen LogP contribution in [-0.2, 0) is 4.79 Å². The normalized spacial score (nSPS) is 25.0. The third-order valence-corrected chi connectivity index (χ3v) is 3.91. The lowest BCUT2D eigenvalue weighted by molar-refractivity contribution is -0.446. The van der Waals surface area contributed by atoms with Crippen LogP contribution in [0.25, 0.3) is 0 Å². The molecular formula is C13H17N2O6-. The highest BCUT2D eigenvalue weighted by atomic mass is 16.6. The Bertz CT molecular complexity index is 525.